The topological polar surface area (TPSA) is 44.3 Å². The molecule has 0 aliphatic carbocycles. The van der Waals surface area contributed by atoms with Crippen molar-refractivity contribution in [3.63, 3.8) is 0 Å². The third-order valence-electron chi connectivity index (χ3n) is 4.18. The van der Waals surface area contributed by atoms with Crippen LogP contribution in [0.2, 0.25) is 0 Å². The van der Waals surface area contributed by atoms with Crippen LogP contribution in [0.5, 0.6) is 0 Å². The van der Waals surface area contributed by atoms with Crippen molar-refractivity contribution in [2.45, 2.75) is 19.0 Å². The summed E-state index contributed by atoms with van der Waals surface area (Å²) in [4.78, 5) is 12.4. The van der Waals surface area contributed by atoms with E-state index in [1.165, 1.54) is 24.5 Å². The minimum absolute atomic E-state index is 0.134. The first-order chi connectivity index (χ1) is 11.5. The number of anilines is 2. The van der Waals surface area contributed by atoms with Crippen LogP contribution in [0.25, 0.3) is 0 Å². The van der Waals surface area contributed by atoms with Crippen molar-refractivity contribution >= 4 is 11.6 Å². The highest BCUT2D eigenvalue weighted by Gasteiger charge is 2.24. The summed E-state index contributed by atoms with van der Waals surface area (Å²) >= 11 is 0. The van der Waals surface area contributed by atoms with Gasteiger partial charge in [-0.2, -0.15) is 0 Å². The monoisotopic (exact) mass is 333 g/mol. The highest BCUT2D eigenvalue weighted by atomic mass is 19.1. The fourth-order valence-electron chi connectivity index (χ4n) is 2.88. The predicted molar refractivity (Wildman–Crippen MR) is 90.0 cm³/mol. The molecule has 2 heterocycles. The zero-order chi connectivity index (χ0) is 17.1. The number of rotatable bonds is 5. The number of nitrogens with zero attached hydrogens (tertiary/aromatic N) is 4. The van der Waals surface area contributed by atoms with Gasteiger partial charge in [-0.1, -0.05) is 6.07 Å². The molecule has 7 heteroatoms. The molecule has 5 nitrogen and oxygen atoms in total. The van der Waals surface area contributed by atoms with E-state index in [9.17, 15) is 8.78 Å². The molecular weight excluding hydrogens is 312 g/mol. The molecule has 3 rings (SSSR count). The number of likely N-dealkylation sites (tertiary alicyclic amines) is 1. The third kappa shape index (κ3) is 3.79. The number of hydrogen-bond donors (Lipinski definition) is 1. The molecule has 0 amide bonds. The third-order valence-corrected chi connectivity index (χ3v) is 4.18. The van der Waals surface area contributed by atoms with Gasteiger partial charge in [-0.3, -0.25) is 4.90 Å². The zero-order valence-electron chi connectivity index (χ0n) is 13.8. The Morgan fingerprint density at radius 3 is 2.71 bits per heavy atom. The van der Waals surface area contributed by atoms with E-state index in [0.717, 1.165) is 31.1 Å². The van der Waals surface area contributed by atoms with Crippen molar-refractivity contribution in [3.8, 4) is 0 Å². The maximum Gasteiger partial charge on any atom is 0.133 e. The quantitative estimate of drug-likeness (QED) is 0.911. The van der Waals surface area contributed by atoms with Crippen LogP contribution in [0.3, 0.4) is 0 Å². The van der Waals surface area contributed by atoms with Crippen LogP contribution in [0.15, 0.2) is 30.6 Å². The van der Waals surface area contributed by atoms with Crippen LogP contribution in [0.1, 0.15) is 12.0 Å². The fraction of sp³-hybridized carbons (Fsp3) is 0.412. The SMILES string of the molecule is CN(C)c1cc(NC2CCN(Cc3c(F)cccc3F)C2)ncn1. The molecule has 2 aromatic rings. The molecule has 1 saturated heterocycles. The predicted octanol–water partition coefficient (Wildman–Crippen LogP) is 2.51. The minimum atomic E-state index is -0.488. The van der Waals surface area contributed by atoms with E-state index in [0.29, 0.717) is 0 Å². The first-order valence-electron chi connectivity index (χ1n) is 7.94. The number of halogens is 2. The fourth-order valence-corrected chi connectivity index (χ4v) is 2.88. The van der Waals surface area contributed by atoms with Crippen molar-refractivity contribution in [3.05, 3.63) is 47.8 Å². The molecule has 128 valence electrons. The number of hydrogen-bond acceptors (Lipinski definition) is 5. The minimum Gasteiger partial charge on any atom is -0.366 e. The molecule has 1 aromatic carbocycles. The molecule has 0 saturated carbocycles. The van der Waals surface area contributed by atoms with E-state index >= 15 is 0 Å². The lowest BCUT2D eigenvalue weighted by atomic mass is 10.2. The Hall–Kier alpha value is -2.28. The number of aromatic nitrogens is 2. The maximum absolute atomic E-state index is 13.8. The number of benzene rings is 1. The van der Waals surface area contributed by atoms with Gasteiger partial charge < -0.3 is 10.2 Å². The van der Waals surface area contributed by atoms with Gasteiger partial charge in [-0.15, -0.1) is 0 Å². The van der Waals surface area contributed by atoms with Crippen LogP contribution >= 0.6 is 0 Å². The molecule has 1 aliphatic rings. The lowest BCUT2D eigenvalue weighted by Gasteiger charge is -2.18. The normalized spacial score (nSPS) is 17.9. The summed E-state index contributed by atoms with van der Waals surface area (Å²) in [5, 5.41) is 3.37. The van der Waals surface area contributed by atoms with Crippen molar-refractivity contribution in [2.75, 3.05) is 37.4 Å². The highest BCUT2D eigenvalue weighted by Crippen LogP contribution is 2.21. The summed E-state index contributed by atoms with van der Waals surface area (Å²) in [6.45, 7) is 1.79. The van der Waals surface area contributed by atoms with E-state index < -0.39 is 11.6 Å². The second-order valence-electron chi connectivity index (χ2n) is 6.22. The summed E-state index contributed by atoms with van der Waals surface area (Å²) in [6, 6.07) is 6.07. The van der Waals surface area contributed by atoms with Crippen molar-refractivity contribution in [1.82, 2.24) is 14.9 Å². The van der Waals surface area contributed by atoms with Gasteiger partial charge in [0.1, 0.15) is 29.6 Å². The molecular formula is C17H21F2N5. The molecule has 1 unspecified atom stereocenters. The van der Waals surface area contributed by atoms with E-state index in [1.54, 1.807) is 0 Å². The van der Waals surface area contributed by atoms with Crippen molar-refractivity contribution in [2.24, 2.45) is 0 Å². The smallest absolute Gasteiger partial charge is 0.133 e. The van der Waals surface area contributed by atoms with Gasteiger partial charge >= 0.3 is 0 Å². The van der Waals surface area contributed by atoms with Gasteiger partial charge in [0.25, 0.3) is 0 Å². The second kappa shape index (κ2) is 7.09. The number of nitrogens with one attached hydrogen (secondary N) is 1. The van der Waals surface area contributed by atoms with Gasteiger partial charge in [-0.25, -0.2) is 18.7 Å². The highest BCUT2D eigenvalue weighted by molar-refractivity contribution is 5.48. The average molecular weight is 333 g/mol. The molecule has 1 aromatic heterocycles. The molecule has 0 spiro atoms. The molecule has 24 heavy (non-hydrogen) atoms. The standard InChI is InChI=1S/C17H21F2N5/c1-23(2)17-8-16(20-11-21-17)22-12-6-7-24(9-12)10-13-14(18)4-3-5-15(13)19/h3-5,8,11-12H,6-7,9-10H2,1-2H3,(H,20,21,22). The van der Waals surface area contributed by atoms with E-state index in [-0.39, 0.29) is 18.2 Å². The Labute approximate surface area is 140 Å². The molecule has 0 radical (unpaired) electrons. The van der Waals surface area contributed by atoms with Gasteiger partial charge in [0, 0.05) is 51.4 Å². The van der Waals surface area contributed by atoms with Gasteiger partial charge in [0.15, 0.2) is 0 Å². The Morgan fingerprint density at radius 1 is 1.25 bits per heavy atom. The first kappa shape index (κ1) is 16.6. The van der Waals surface area contributed by atoms with Crippen molar-refractivity contribution < 1.29 is 8.78 Å². The Morgan fingerprint density at radius 2 is 2.00 bits per heavy atom. The molecule has 1 N–H and O–H groups in total. The Kier molecular flexibility index (Phi) is 4.89. The molecule has 1 fully saturated rings. The average Bonchev–Trinajstić information content (AvgIpc) is 2.98. The van der Waals surface area contributed by atoms with Gasteiger partial charge in [-0.05, 0) is 18.6 Å². The first-order valence-corrected chi connectivity index (χ1v) is 7.94. The molecule has 1 aliphatic heterocycles. The molecule has 1 atom stereocenters. The van der Waals surface area contributed by atoms with Crippen LogP contribution in [0, 0.1) is 11.6 Å². The molecule has 0 bridgehead atoms. The van der Waals surface area contributed by atoms with Crippen LogP contribution in [0.4, 0.5) is 20.4 Å². The zero-order valence-corrected chi connectivity index (χ0v) is 13.8. The summed E-state index contributed by atoms with van der Waals surface area (Å²) in [7, 11) is 3.85. The van der Waals surface area contributed by atoms with Crippen LogP contribution in [-0.2, 0) is 6.54 Å². The van der Waals surface area contributed by atoms with Crippen LogP contribution < -0.4 is 10.2 Å². The van der Waals surface area contributed by atoms with Crippen LogP contribution in [-0.4, -0.2) is 48.1 Å². The van der Waals surface area contributed by atoms with Gasteiger partial charge in [0.05, 0.1) is 0 Å². The maximum atomic E-state index is 13.8. The van der Waals surface area contributed by atoms with Crippen molar-refractivity contribution in [1.29, 1.82) is 0 Å². The van der Waals surface area contributed by atoms with E-state index in [1.807, 2.05) is 30.0 Å². The Bertz CT molecular complexity index is 687. The van der Waals surface area contributed by atoms with E-state index in [2.05, 4.69) is 15.3 Å². The Balaban J connectivity index is 1.61. The summed E-state index contributed by atoms with van der Waals surface area (Å²) < 4.78 is 27.5. The second-order valence-corrected chi connectivity index (χ2v) is 6.22. The van der Waals surface area contributed by atoms with Gasteiger partial charge in [0.2, 0.25) is 0 Å². The summed E-state index contributed by atoms with van der Waals surface area (Å²) in [5.41, 5.74) is 0.134. The summed E-state index contributed by atoms with van der Waals surface area (Å²) in [6.07, 6.45) is 2.43. The largest absolute Gasteiger partial charge is 0.366 e. The summed E-state index contributed by atoms with van der Waals surface area (Å²) in [5.74, 6) is 0.615. The van der Waals surface area contributed by atoms with E-state index in [4.69, 9.17) is 0 Å². The lowest BCUT2D eigenvalue weighted by molar-refractivity contribution is 0.316. The lowest BCUT2D eigenvalue weighted by Crippen LogP contribution is -2.27.